The van der Waals surface area contributed by atoms with E-state index in [1.807, 2.05) is 43.7 Å². The topological polar surface area (TPSA) is 60.1 Å². The molecule has 1 aromatic carbocycles. The largest absolute Gasteiger partial charge is 0.466 e. The Morgan fingerprint density at radius 3 is 2.42 bits per heavy atom. The first-order valence-electron chi connectivity index (χ1n) is 7.93. The minimum Gasteiger partial charge on any atom is -0.466 e. The number of aromatic nitrogens is 2. The predicted octanol–water partition coefficient (Wildman–Crippen LogP) is 3.38. The summed E-state index contributed by atoms with van der Waals surface area (Å²) in [6.07, 6.45) is 5.50. The van der Waals surface area contributed by atoms with Gasteiger partial charge in [-0.15, -0.1) is 0 Å². The molecule has 0 aliphatic carbocycles. The Morgan fingerprint density at radius 2 is 1.83 bits per heavy atom. The third-order valence-electron chi connectivity index (χ3n) is 4.19. The van der Waals surface area contributed by atoms with Gasteiger partial charge in [0.05, 0.1) is 11.9 Å². The number of hydrogen-bond donors (Lipinski definition) is 1. The summed E-state index contributed by atoms with van der Waals surface area (Å²) >= 11 is 0. The smallest absolute Gasteiger partial charge is 0.255 e. The molecule has 0 aliphatic rings. The van der Waals surface area contributed by atoms with Crippen LogP contribution in [0.3, 0.4) is 0 Å². The van der Waals surface area contributed by atoms with Crippen LogP contribution in [0.25, 0.3) is 0 Å². The van der Waals surface area contributed by atoms with Crippen molar-refractivity contribution in [3.63, 3.8) is 0 Å². The molecule has 24 heavy (non-hydrogen) atoms. The molecule has 1 amide bonds. The minimum absolute atomic E-state index is 0.0932. The highest BCUT2D eigenvalue weighted by Gasteiger charge is 2.18. The van der Waals surface area contributed by atoms with E-state index in [9.17, 15) is 4.79 Å². The van der Waals surface area contributed by atoms with Crippen LogP contribution in [0.5, 0.6) is 0 Å². The lowest BCUT2D eigenvalue weighted by molar-refractivity contribution is 0.0949. The molecule has 0 atom stereocenters. The van der Waals surface area contributed by atoms with E-state index in [-0.39, 0.29) is 5.91 Å². The number of hydrogen-bond acceptors (Lipinski definition) is 3. The normalized spacial score (nSPS) is 10.8. The molecule has 0 fully saturated rings. The average Bonchev–Trinajstić information content (AvgIpc) is 3.15. The lowest BCUT2D eigenvalue weighted by Crippen LogP contribution is -2.23. The molecule has 0 aliphatic heterocycles. The first-order valence-corrected chi connectivity index (χ1v) is 7.93. The van der Waals surface area contributed by atoms with Gasteiger partial charge in [-0.05, 0) is 31.9 Å². The summed E-state index contributed by atoms with van der Waals surface area (Å²) in [7, 11) is 0. The fraction of sp³-hybridized carbons (Fsp3) is 0.263. The van der Waals surface area contributed by atoms with Crippen LogP contribution in [-0.4, -0.2) is 15.5 Å². The second-order valence-corrected chi connectivity index (χ2v) is 5.95. The first-order chi connectivity index (χ1) is 11.5. The first kappa shape index (κ1) is 16.1. The summed E-state index contributed by atoms with van der Waals surface area (Å²) in [5.74, 6) is 1.36. The van der Waals surface area contributed by atoms with Crippen molar-refractivity contribution in [3.8, 4) is 0 Å². The maximum atomic E-state index is 12.4. The molecular weight excluding hydrogens is 302 g/mol. The van der Waals surface area contributed by atoms with Crippen LogP contribution in [-0.2, 0) is 13.1 Å². The molecule has 0 bridgehead atoms. The third-order valence-corrected chi connectivity index (χ3v) is 4.19. The number of benzene rings is 1. The standard InChI is InChI=1S/C19H21N3O2/c1-13-14(2)24-15(3)18(13)19(23)21-10-16-4-6-17(7-5-16)11-22-9-8-20-12-22/h4-9,12H,10-11H2,1-3H3,(H,21,23). The van der Waals surface area contributed by atoms with E-state index in [4.69, 9.17) is 4.42 Å². The summed E-state index contributed by atoms with van der Waals surface area (Å²) in [6, 6.07) is 8.21. The van der Waals surface area contributed by atoms with Crippen LogP contribution in [0.4, 0.5) is 0 Å². The lowest BCUT2D eigenvalue weighted by atomic mass is 10.1. The van der Waals surface area contributed by atoms with Crippen LogP contribution in [0.15, 0.2) is 47.4 Å². The van der Waals surface area contributed by atoms with Crippen LogP contribution in [0.1, 0.15) is 38.6 Å². The second kappa shape index (κ2) is 6.74. The van der Waals surface area contributed by atoms with Gasteiger partial charge in [0.1, 0.15) is 11.5 Å². The van der Waals surface area contributed by atoms with Gasteiger partial charge in [-0.1, -0.05) is 24.3 Å². The van der Waals surface area contributed by atoms with Crippen molar-refractivity contribution in [2.75, 3.05) is 0 Å². The Labute approximate surface area is 141 Å². The second-order valence-electron chi connectivity index (χ2n) is 5.95. The van der Waals surface area contributed by atoms with E-state index >= 15 is 0 Å². The molecule has 5 heteroatoms. The van der Waals surface area contributed by atoms with Crippen molar-refractivity contribution in [1.82, 2.24) is 14.9 Å². The van der Waals surface area contributed by atoms with Crippen molar-refractivity contribution >= 4 is 5.91 Å². The molecule has 1 N–H and O–H groups in total. The van der Waals surface area contributed by atoms with Gasteiger partial charge >= 0.3 is 0 Å². The van der Waals surface area contributed by atoms with Crippen molar-refractivity contribution in [3.05, 3.63) is 76.8 Å². The summed E-state index contributed by atoms with van der Waals surface area (Å²) in [6.45, 7) is 6.89. The maximum Gasteiger partial charge on any atom is 0.255 e. The van der Waals surface area contributed by atoms with Crippen LogP contribution in [0, 0.1) is 20.8 Å². The highest BCUT2D eigenvalue weighted by molar-refractivity contribution is 5.96. The summed E-state index contributed by atoms with van der Waals surface area (Å²) < 4.78 is 7.53. The lowest BCUT2D eigenvalue weighted by Gasteiger charge is -2.07. The van der Waals surface area contributed by atoms with E-state index in [0.717, 1.165) is 23.4 Å². The molecular formula is C19H21N3O2. The molecule has 2 aromatic heterocycles. The fourth-order valence-corrected chi connectivity index (χ4v) is 2.75. The summed E-state index contributed by atoms with van der Waals surface area (Å²) in [4.78, 5) is 16.4. The van der Waals surface area contributed by atoms with Crippen molar-refractivity contribution < 1.29 is 9.21 Å². The number of furan rings is 1. The molecule has 0 saturated carbocycles. The molecule has 0 radical (unpaired) electrons. The summed E-state index contributed by atoms with van der Waals surface area (Å²) in [5, 5.41) is 2.96. The van der Waals surface area contributed by atoms with Crippen LogP contribution >= 0.6 is 0 Å². The number of imidazole rings is 1. The van der Waals surface area contributed by atoms with E-state index in [2.05, 4.69) is 22.4 Å². The van der Waals surface area contributed by atoms with Crippen molar-refractivity contribution in [2.24, 2.45) is 0 Å². The number of amides is 1. The van der Waals surface area contributed by atoms with Gasteiger partial charge in [-0.2, -0.15) is 0 Å². The number of nitrogens with one attached hydrogen (secondary N) is 1. The quantitative estimate of drug-likeness (QED) is 0.783. The van der Waals surface area contributed by atoms with E-state index in [1.54, 1.807) is 12.5 Å². The Morgan fingerprint density at radius 1 is 1.12 bits per heavy atom. The highest BCUT2D eigenvalue weighted by Crippen LogP contribution is 2.20. The molecule has 124 valence electrons. The van der Waals surface area contributed by atoms with Gasteiger partial charge in [-0.3, -0.25) is 4.79 Å². The number of rotatable bonds is 5. The number of carbonyl (C=O) groups excluding carboxylic acids is 1. The van der Waals surface area contributed by atoms with E-state index < -0.39 is 0 Å². The van der Waals surface area contributed by atoms with E-state index in [0.29, 0.717) is 17.9 Å². The van der Waals surface area contributed by atoms with Gasteiger partial charge in [0.15, 0.2) is 0 Å². The van der Waals surface area contributed by atoms with Crippen LogP contribution < -0.4 is 5.32 Å². The van der Waals surface area contributed by atoms with Crippen molar-refractivity contribution in [2.45, 2.75) is 33.9 Å². The van der Waals surface area contributed by atoms with Crippen molar-refractivity contribution in [1.29, 1.82) is 0 Å². The zero-order valence-electron chi connectivity index (χ0n) is 14.2. The van der Waals surface area contributed by atoms with Gasteiger partial charge < -0.3 is 14.3 Å². The maximum absolute atomic E-state index is 12.4. The van der Waals surface area contributed by atoms with E-state index in [1.165, 1.54) is 5.56 Å². The number of carbonyl (C=O) groups is 1. The summed E-state index contributed by atoms with van der Waals surface area (Å²) in [5.41, 5.74) is 3.80. The fourth-order valence-electron chi connectivity index (χ4n) is 2.75. The Bertz CT molecular complexity index is 830. The monoisotopic (exact) mass is 323 g/mol. The van der Waals surface area contributed by atoms with Gasteiger partial charge in [0.25, 0.3) is 5.91 Å². The van der Waals surface area contributed by atoms with Gasteiger partial charge in [0, 0.05) is 31.0 Å². The third kappa shape index (κ3) is 3.40. The number of aryl methyl sites for hydroxylation is 2. The molecule has 0 unspecified atom stereocenters. The molecule has 0 saturated heterocycles. The Kier molecular flexibility index (Phi) is 4.51. The Balaban J connectivity index is 1.61. The zero-order valence-corrected chi connectivity index (χ0v) is 14.2. The molecule has 3 aromatic rings. The van der Waals surface area contributed by atoms with Crippen LogP contribution in [0.2, 0.25) is 0 Å². The van der Waals surface area contributed by atoms with Gasteiger partial charge in [-0.25, -0.2) is 4.98 Å². The minimum atomic E-state index is -0.0932. The number of nitrogens with zero attached hydrogens (tertiary/aromatic N) is 2. The Hall–Kier alpha value is -2.82. The molecule has 3 rings (SSSR count). The highest BCUT2D eigenvalue weighted by atomic mass is 16.3. The predicted molar refractivity (Wildman–Crippen MR) is 91.9 cm³/mol. The van der Waals surface area contributed by atoms with Gasteiger partial charge in [0.2, 0.25) is 0 Å². The molecule has 2 heterocycles. The SMILES string of the molecule is Cc1oc(C)c(C(=O)NCc2ccc(Cn3ccnc3)cc2)c1C. The molecule has 5 nitrogen and oxygen atoms in total. The molecule has 0 spiro atoms. The zero-order chi connectivity index (χ0) is 17.1. The average molecular weight is 323 g/mol.